The second kappa shape index (κ2) is 6.58. The molecular formula is C24H30O6. The second-order valence-electron chi connectivity index (χ2n) is 9.69. The molecule has 0 radical (unpaired) electrons. The standard InChI is InChI=1S/C24H30O6/c1-13-16-8-10-28-18(16)11-17-21(13)19(29-14(2)25)12-24(27)22(4,5)9-7-20(23(17,24)6)30-15(3)26/h8,10,19-20,27H,1,7,9,11-12H2,2-6H3. The van der Waals surface area contributed by atoms with Gasteiger partial charge in [0.05, 0.1) is 17.3 Å². The van der Waals surface area contributed by atoms with Gasteiger partial charge < -0.3 is 19.0 Å². The van der Waals surface area contributed by atoms with Gasteiger partial charge in [0.1, 0.15) is 18.0 Å². The van der Waals surface area contributed by atoms with E-state index in [0.29, 0.717) is 19.3 Å². The molecule has 0 saturated heterocycles. The molecule has 1 fully saturated rings. The van der Waals surface area contributed by atoms with E-state index in [0.717, 1.165) is 28.0 Å². The van der Waals surface area contributed by atoms with Gasteiger partial charge in [0, 0.05) is 37.8 Å². The fourth-order valence-corrected chi connectivity index (χ4v) is 6.12. The van der Waals surface area contributed by atoms with Gasteiger partial charge in [0.2, 0.25) is 0 Å². The molecule has 3 aliphatic rings. The van der Waals surface area contributed by atoms with Crippen molar-refractivity contribution in [2.24, 2.45) is 10.8 Å². The highest BCUT2D eigenvalue weighted by Gasteiger charge is 2.68. The van der Waals surface area contributed by atoms with Gasteiger partial charge in [-0.1, -0.05) is 20.4 Å². The van der Waals surface area contributed by atoms with E-state index in [-0.39, 0.29) is 12.4 Å². The molecule has 1 N–H and O–H groups in total. The molecule has 30 heavy (non-hydrogen) atoms. The minimum atomic E-state index is -1.26. The molecule has 1 saturated carbocycles. The van der Waals surface area contributed by atoms with Gasteiger partial charge in [-0.3, -0.25) is 9.59 Å². The lowest BCUT2D eigenvalue weighted by Crippen LogP contribution is -2.69. The van der Waals surface area contributed by atoms with Crippen LogP contribution in [0.4, 0.5) is 0 Å². The van der Waals surface area contributed by atoms with Crippen LogP contribution in [0.15, 0.2) is 34.5 Å². The van der Waals surface area contributed by atoms with Crippen LogP contribution >= 0.6 is 0 Å². The molecule has 0 amide bonds. The third kappa shape index (κ3) is 2.66. The maximum absolute atomic E-state index is 12.3. The van der Waals surface area contributed by atoms with Crippen LogP contribution in [-0.2, 0) is 25.5 Å². The highest BCUT2D eigenvalue weighted by molar-refractivity contribution is 5.84. The van der Waals surface area contributed by atoms with Gasteiger partial charge in [0.25, 0.3) is 0 Å². The maximum atomic E-state index is 12.3. The zero-order valence-electron chi connectivity index (χ0n) is 18.3. The first-order chi connectivity index (χ1) is 13.9. The highest BCUT2D eigenvalue weighted by atomic mass is 16.6. The van der Waals surface area contributed by atoms with Crippen LogP contribution in [0.3, 0.4) is 0 Å². The van der Waals surface area contributed by atoms with Crippen LogP contribution in [0.5, 0.6) is 0 Å². The summed E-state index contributed by atoms with van der Waals surface area (Å²) in [4.78, 5) is 23.9. The number of ether oxygens (including phenoxy) is 2. The molecule has 1 aromatic heterocycles. The molecule has 1 heterocycles. The summed E-state index contributed by atoms with van der Waals surface area (Å²) in [5.74, 6) is -0.0217. The minimum absolute atomic E-state index is 0.221. The summed E-state index contributed by atoms with van der Waals surface area (Å²) in [6, 6.07) is 1.86. The first kappa shape index (κ1) is 20.9. The van der Waals surface area contributed by atoms with Crippen molar-refractivity contribution in [3.63, 3.8) is 0 Å². The summed E-state index contributed by atoms with van der Waals surface area (Å²) in [5.41, 5.74) is 0.704. The monoisotopic (exact) mass is 414 g/mol. The molecule has 6 nitrogen and oxygen atoms in total. The quantitative estimate of drug-likeness (QED) is 0.737. The number of fused-ring (bicyclic) bond motifs is 3. The van der Waals surface area contributed by atoms with E-state index in [9.17, 15) is 14.7 Å². The maximum Gasteiger partial charge on any atom is 0.303 e. The number of esters is 2. The Labute approximate surface area is 176 Å². The molecule has 3 aliphatic carbocycles. The van der Waals surface area contributed by atoms with E-state index < -0.39 is 34.6 Å². The molecular weight excluding hydrogens is 384 g/mol. The lowest BCUT2D eigenvalue weighted by atomic mass is 9.44. The van der Waals surface area contributed by atoms with Crippen molar-refractivity contribution in [2.75, 3.05) is 0 Å². The van der Waals surface area contributed by atoms with Crippen LogP contribution in [0.2, 0.25) is 0 Å². The Morgan fingerprint density at radius 3 is 2.50 bits per heavy atom. The molecule has 0 spiro atoms. The zero-order valence-corrected chi connectivity index (χ0v) is 18.3. The zero-order chi connectivity index (χ0) is 22.1. The number of hydrogen-bond donors (Lipinski definition) is 1. The average Bonchev–Trinajstić information content (AvgIpc) is 3.10. The summed E-state index contributed by atoms with van der Waals surface area (Å²) in [6.07, 6.45) is 2.48. The third-order valence-electron chi connectivity index (χ3n) is 7.76. The largest absolute Gasteiger partial charge is 0.468 e. The van der Waals surface area contributed by atoms with Gasteiger partial charge in [-0.15, -0.1) is 0 Å². The van der Waals surface area contributed by atoms with Gasteiger partial charge in [-0.25, -0.2) is 0 Å². The number of furan rings is 1. The van der Waals surface area contributed by atoms with Gasteiger partial charge in [0.15, 0.2) is 0 Å². The number of carbonyl (C=O) groups excluding carboxylic acids is 2. The van der Waals surface area contributed by atoms with Crippen molar-refractivity contribution < 1.29 is 28.6 Å². The SMILES string of the molecule is C=C1C2=C(Cc3occc31)C1(C)C(OC(C)=O)CCC(C)(C)C1(O)CC2OC(C)=O. The molecule has 162 valence electrons. The van der Waals surface area contributed by atoms with E-state index in [1.54, 1.807) is 6.26 Å². The van der Waals surface area contributed by atoms with Crippen LogP contribution in [0.25, 0.3) is 5.57 Å². The molecule has 0 aromatic carbocycles. The predicted octanol–water partition coefficient (Wildman–Crippen LogP) is 3.97. The van der Waals surface area contributed by atoms with E-state index >= 15 is 0 Å². The lowest BCUT2D eigenvalue weighted by Gasteiger charge is -2.64. The number of rotatable bonds is 2. The Hall–Kier alpha value is -2.34. The average molecular weight is 414 g/mol. The number of hydrogen-bond acceptors (Lipinski definition) is 6. The molecule has 4 unspecified atom stereocenters. The van der Waals surface area contributed by atoms with Gasteiger partial charge in [-0.2, -0.15) is 0 Å². The fourth-order valence-electron chi connectivity index (χ4n) is 6.12. The summed E-state index contributed by atoms with van der Waals surface area (Å²) < 4.78 is 17.3. The number of aliphatic hydroxyl groups is 1. The Morgan fingerprint density at radius 2 is 1.87 bits per heavy atom. The minimum Gasteiger partial charge on any atom is -0.468 e. The van der Waals surface area contributed by atoms with Crippen molar-refractivity contribution in [3.05, 3.63) is 41.4 Å². The van der Waals surface area contributed by atoms with Crippen LogP contribution in [-0.4, -0.2) is 34.9 Å². The van der Waals surface area contributed by atoms with E-state index in [2.05, 4.69) is 6.58 Å². The first-order valence-corrected chi connectivity index (χ1v) is 10.5. The topological polar surface area (TPSA) is 86.0 Å². The lowest BCUT2D eigenvalue weighted by molar-refractivity contribution is -0.236. The van der Waals surface area contributed by atoms with E-state index in [1.807, 2.05) is 26.8 Å². The first-order valence-electron chi connectivity index (χ1n) is 10.5. The molecule has 4 rings (SSSR count). The molecule has 0 aliphatic heterocycles. The predicted molar refractivity (Wildman–Crippen MR) is 110 cm³/mol. The Kier molecular flexibility index (Phi) is 4.59. The molecule has 0 bridgehead atoms. The van der Waals surface area contributed by atoms with Crippen molar-refractivity contribution in [1.29, 1.82) is 0 Å². The van der Waals surface area contributed by atoms with E-state index in [1.165, 1.54) is 13.8 Å². The summed E-state index contributed by atoms with van der Waals surface area (Å²) in [7, 11) is 0. The van der Waals surface area contributed by atoms with Gasteiger partial charge >= 0.3 is 11.9 Å². The number of carbonyl (C=O) groups is 2. The summed E-state index contributed by atoms with van der Waals surface area (Å²) >= 11 is 0. The van der Waals surface area contributed by atoms with Crippen LogP contribution in [0.1, 0.15) is 65.2 Å². The fraction of sp³-hybridized carbons (Fsp3) is 0.583. The summed E-state index contributed by atoms with van der Waals surface area (Å²) in [5, 5.41) is 12.3. The Balaban J connectivity index is 1.98. The van der Waals surface area contributed by atoms with E-state index in [4.69, 9.17) is 13.9 Å². The normalized spacial score (nSPS) is 34.5. The third-order valence-corrected chi connectivity index (χ3v) is 7.76. The molecule has 6 heteroatoms. The Bertz CT molecular complexity index is 966. The second-order valence-corrected chi connectivity index (χ2v) is 9.69. The van der Waals surface area contributed by atoms with Crippen molar-refractivity contribution in [3.8, 4) is 0 Å². The smallest absolute Gasteiger partial charge is 0.303 e. The molecule has 4 atom stereocenters. The van der Waals surface area contributed by atoms with Crippen LogP contribution < -0.4 is 0 Å². The van der Waals surface area contributed by atoms with Crippen molar-refractivity contribution in [2.45, 2.75) is 78.1 Å². The van der Waals surface area contributed by atoms with Gasteiger partial charge in [-0.05, 0) is 42.4 Å². The Morgan fingerprint density at radius 1 is 1.20 bits per heavy atom. The van der Waals surface area contributed by atoms with Crippen LogP contribution in [0, 0.1) is 10.8 Å². The van der Waals surface area contributed by atoms with Crippen molar-refractivity contribution >= 4 is 17.5 Å². The summed E-state index contributed by atoms with van der Waals surface area (Å²) in [6.45, 7) is 13.1. The molecule has 1 aromatic rings. The van der Waals surface area contributed by atoms with Crippen molar-refractivity contribution in [1.82, 2.24) is 0 Å². The highest BCUT2D eigenvalue weighted by Crippen LogP contribution is 2.65.